The zero-order valence-electron chi connectivity index (χ0n) is 14.8. The first-order valence-corrected chi connectivity index (χ1v) is 9.21. The van der Waals surface area contributed by atoms with Crippen LogP contribution in [0, 0.1) is 0 Å². The Kier molecular flexibility index (Phi) is 8.08. The molecular weight excluding hydrogens is 378 g/mol. The molecule has 0 spiro atoms. The van der Waals surface area contributed by atoms with Crippen molar-refractivity contribution in [3.05, 3.63) is 23.8 Å². The maximum atomic E-state index is 12.9. The number of alkyl halides is 3. The van der Waals surface area contributed by atoms with Crippen LogP contribution in [-0.2, 0) is 23.1 Å². The highest BCUT2D eigenvalue weighted by molar-refractivity contribution is 7.54. The molecule has 1 N–H and O–H groups in total. The second kappa shape index (κ2) is 9.36. The maximum absolute atomic E-state index is 12.9. The van der Waals surface area contributed by atoms with Crippen LogP contribution in [0.4, 0.5) is 18.9 Å². The molecule has 0 aliphatic rings. The van der Waals surface area contributed by atoms with Gasteiger partial charge in [-0.05, 0) is 31.5 Å². The summed E-state index contributed by atoms with van der Waals surface area (Å²) >= 11 is 0. The standard InChI is InChI=1S/C15H21F3NO6P/c1-5-24-26(21,25-6-2)13(23-4)10-7-8-11(12(9-10)22-3)19-14(20)15(16,17)18/h7-9,13H,5-6H2,1-4H3,(H,19,20). The molecule has 0 aliphatic heterocycles. The van der Waals surface area contributed by atoms with Gasteiger partial charge in [0.05, 0.1) is 26.0 Å². The Morgan fingerprint density at radius 2 is 1.77 bits per heavy atom. The summed E-state index contributed by atoms with van der Waals surface area (Å²) in [6, 6.07) is 3.82. The molecule has 11 heteroatoms. The molecule has 1 aromatic carbocycles. The van der Waals surface area contributed by atoms with Gasteiger partial charge in [0.25, 0.3) is 0 Å². The third-order valence-electron chi connectivity index (χ3n) is 3.14. The van der Waals surface area contributed by atoms with Gasteiger partial charge in [-0.15, -0.1) is 0 Å². The Bertz CT molecular complexity index is 657. The van der Waals surface area contributed by atoms with E-state index in [0.29, 0.717) is 5.56 Å². The van der Waals surface area contributed by atoms with Crippen molar-refractivity contribution in [2.45, 2.75) is 25.9 Å². The topological polar surface area (TPSA) is 83.1 Å². The van der Waals surface area contributed by atoms with E-state index in [4.69, 9.17) is 18.5 Å². The van der Waals surface area contributed by atoms with Gasteiger partial charge in [-0.25, -0.2) is 0 Å². The zero-order valence-corrected chi connectivity index (χ0v) is 15.6. The Labute approximate surface area is 149 Å². The second-order valence-electron chi connectivity index (χ2n) is 4.88. The first kappa shape index (κ1) is 22.4. The lowest BCUT2D eigenvalue weighted by Gasteiger charge is -2.26. The summed E-state index contributed by atoms with van der Waals surface area (Å²) in [5.41, 5.74) is 0.0932. The molecular formula is C15H21F3NO6P. The molecule has 0 saturated heterocycles. The molecule has 0 aromatic heterocycles. The predicted molar refractivity (Wildman–Crippen MR) is 88.3 cm³/mol. The quantitative estimate of drug-likeness (QED) is 0.630. The van der Waals surface area contributed by atoms with Crippen LogP contribution in [-0.4, -0.2) is 39.5 Å². The number of rotatable bonds is 9. The SMILES string of the molecule is CCOP(=O)(OCC)C(OC)c1ccc(NC(=O)C(F)(F)F)c(OC)c1. The van der Waals surface area contributed by atoms with E-state index in [-0.39, 0.29) is 24.7 Å². The van der Waals surface area contributed by atoms with Gasteiger partial charge in [0, 0.05) is 7.11 Å². The summed E-state index contributed by atoms with van der Waals surface area (Å²) in [6.45, 7) is 3.48. The molecule has 1 rings (SSSR count). The Morgan fingerprint density at radius 1 is 1.19 bits per heavy atom. The fourth-order valence-electron chi connectivity index (χ4n) is 2.14. The van der Waals surface area contributed by atoms with Crippen LogP contribution in [0.15, 0.2) is 18.2 Å². The first-order valence-electron chi connectivity index (χ1n) is 7.60. The van der Waals surface area contributed by atoms with Gasteiger partial charge in [0.1, 0.15) is 5.75 Å². The Morgan fingerprint density at radius 3 is 2.19 bits per heavy atom. The number of carbonyl (C=O) groups is 1. The molecule has 0 bridgehead atoms. The van der Waals surface area contributed by atoms with E-state index >= 15 is 0 Å². The van der Waals surface area contributed by atoms with Gasteiger partial charge < -0.3 is 23.8 Å². The highest BCUT2D eigenvalue weighted by Gasteiger charge is 2.40. The number of ether oxygens (including phenoxy) is 2. The highest BCUT2D eigenvalue weighted by atomic mass is 31.2. The smallest absolute Gasteiger partial charge is 0.471 e. The first-order chi connectivity index (χ1) is 12.1. The third kappa shape index (κ3) is 5.44. The van der Waals surface area contributed by atoms with E-state index in [2.05, 4.69) is 0 Å². The minimum Gasteiger partial charge on any atom is -0.495 e. The number of hydrogen-bond acceptors (Lipinski definition) is 6. The summed E-state index contributed by atoms with van der Waals surface area (Å²) in [7, 11) is -1.19. The van der Waals surface area contributed by atoms with Crippen molar-refractivity contribution < 1.29 is 41.1 Å². The lowest BCUT2D eigenvalue weighted by Crippen LogP contribution is -2.30. The molecule has 0 saturated carbocycles. The van der Waals surface area contributed by atoms with Crippen molar-refractivity contribution in [3.63, 3.8) is 0 Å². The average Bonchev–Trinajstić information content (AvgIpc) is 2.56. The fraction of sp³-hybridized carbons (Fsp3) is 0.533. The van der Waals surface area contributed by atoms with Crippen LogP contribution < -0.4 is 10.1 Å². The van der Waals surface area contributed by atoms with E-state index in [0.717, 1.165) is 0 Å². The largest absolute Gasteiger partial charge is 0.495 e. The molecule has 148 valence electrons. The Hall–Kier alpha value is -1.61. The van der Waals surface area contributed by atoms with Gasteiger partial charge in [-0.2, -0.15) is 13.2 Å². The van der Waals surface area contributed by atoms with Crippen LogP contribution in [0.1, 0.15) is 25.3 Å². The minimum atomic E-state index is -5.04. The number of benzene rings is 1. The van der Waals surface area contributed by atoms with E-state index in [1.165, 1.54) is 32.4 Å². The maximum Gasteiger partial charge on any atom is 0.471 e. The molecule has 1 atom stereocenters. The van der Waals surface area contributed by atoms with Crippen molar-refractivity contribution in [3.8, 4) is 5.75 Å². The zero-order chi connectivity index (χ0) is 20.0. The molecule has 1 unspecified atom stereocenters. The third-order valence-corrected chi connectivity index (χ3v) is 5.46. The van der Waals surface area contributed by atoms with E-state index in [1.54, 1.807) is 19.2 Å². The van der Waals surface area contributed by atoms with Crippen LogP contribution in [0.3, 0.4) is 0 Å². The molecule has 0 heterocycles. The number of carbonyl (C=O) groups excluding carboxylic acids is 1. The highest BCUT2D eigenvalue weighted by Crippen LogP contribution is 2.61. The number of halogens is 3. The molecule has 7 nitrogen and oxygen atoms in total. The molecule has 1 aromatic rings. The number of amides is 1. The monoisotopic (exact) mass is 399 g/mol. The van der Waals surface area contributed by atoms with Crippen molar-refractivity contribution in [1.29, 1.82) is 0 Å². The lowest BCUT2D eigenvalue weighted by molar-refractivity contribution is -0.167. The van der Waals surface area contributed by atoms with Crippen LogP contribution >= 0.6 is 7.60 Å². The van der Waals surface area contributed by atoms with Crippen molar-refractivity contribution in [2.24, 2.45) is 0 Å². The minimum absolute atomic E-state index is 0.0679. The number of anilines is 1. The van der Waals surface area contributed by atoms with Crippen LogP contribution in [0.25, 0.3) is 0 Å². The average molecular weight is 399 g/mol. The number of hydrogen-bond donors (Lipinski definition) is 1. The van der Waals surface area contributed by atoms with Gasteiger partial charge in [-0.3, -0.25) is 9.36 Å². The van der Waals surface area contributed by atoms with Crippen molar-refractivity contribution in [1.82, 2.24) is 0 Å². The molecule has 26 heavy (non-hydrogen) atoms. The summed E-state index contributed by atoms with van der Waals surface area (Å²) in [5, 5.41) is 1.71. The number of methoxy groups -OCH3 is 2. The summed E-state index contributed by atoms with van der Waals surface area (Å²) in [4.78, 5) is 11.1. The van der Waals surface area contributed by atoms with Crippen LogP contribution in [0.5, 0.6) is 5.75 Å². The normalized spacial score (nSPS) is 13.3. The van der Waals surface area contributed by atoms with Gasteiger partial charge >= 0.3 is 19.7 Å². The van der Waals surface area contributed by atoms with Gasteiger partial charge in [0.15, 0.2) is 5.85 Å². The van der Waals surface area contributed by atoms with Crippen molar-refractivity contribution in [2.75, 3.05) is 32.8 Å². The van der Waals surface area contributed by atoms with Crippen molar-refractivity contribution >= 4 is 19.2 Å². The summed E-state index contributed by atoms with van der Waals surface area (Å²) in [6.07, 6.45) is -5.04. The molecule has 0 fully saturated rings. The van der Waals surface area contributed by atoms with E-state index in [9.17, 15) is 22.5 Å². The van der Waals surface area contributed by atoms with Gasteiger partial charge in [0.2, 0.25) is 0 Å². The van der Waals surface area contributed by atoms with E-state index in [1.807, 2.05) is 0 Å². The fourth-order valence-corrected chi connectivity index (χ4v) is 3.99. The van der Waals surface area contributed by atoms with E-state index < -0.39 is 25.5 Å². The summed E-state index contributed by atoms with van der Waals surface area (Å²) < 4.78 is 70.9. The molecule has 0 aliphatic carbocycles. The second-order valence-corrected chi connectivity index (χ2v) is 6.94. The predicted octanol–water partition coefficient (Wildman–Crippen LogP) is 4.11. The molecule has 1 amide bonds. The summed E-state index contributed by atoms with van der Waals surface area (Å²) in [5.74, 6) is -3.33. The van der Waals surface area contributed by atoms with Crippen LogP contribution in [0.2, 0.25) is 0 Å². The lowest BCUT2D eigenvalue weighted by atomic mass is 10.2. The van der Waals surface area contributed by atoms with Gasteiger partial charge in [-0.1, -0.05) is 6.07 Å². The Balaban J connectivity index is 3.24. The number of nitrogens with one attached hydrogen (secondary N) is 1. The molecule has 0 radical (unpaired) electrons.